The summed E-state index contributed by atoms with van der Waals surface area (Å²) in [7, 11) is 1.58. The number of methoxy groups -OCH3 is 1. The summed E-state index contributed by atoms with van der Waals surface area (Å²) in [5.41, 5.74) is 1.30. The number of amides is 1. The summed E-state index contributed by atoms with van der Waals surface area (Å²) in [6.07, 6.45) is 0.665. The van der Waals surface area contributed by atoms with Crippen LogP contribution in [0.1, 0.15) is 30.6 Å². The molecular formula is C29H39N7O6. The van der Waals surface area contributed by atoms with E-state index in [9.17, 15) is 14.7 Å². The molecule has 3 rings (SSSR count). The zero-order valence-corrected chi connectivity index (χ0v) is 24.1. The first-order valence-corrected chi connectivity index (χ1v) is 13.8. The molecule has 0 aliphatic rings. The summed E-state index contributed by atoms with van der Waals surface area (Å²) in [5.74, 6) is -0.0216. The molecule has 0 saturated carbocycles. The molecule has 1 aromatic heterocycles. The lowest BCUT2D eigenvalue weighted by Crippen LogP contribution is -2.36. The number of aromatic nitrogens is 3. The maximum absolute atomic E-state index is 12.0. The maximum Gasteiger partial charge on any atom is 0.326 e. The highest BCUT2D eigenvalue weighted by molar-refractivity contribution is 5.94. The summed E-state index contributed by atoms with van der Waals surface area (Å²) in [6.45, 7) is 6.04. The van der Waals surface area contributed by atoms with E-state index in [2.05, 4.69) is 36.2 Å². The van der Waals surface area contributed by atoms with Crippen molar-refractivity contribution < 1.29 is 28.9 Å². The summed E-state index contributed by atoms with van der Waals surface area (Å²) in [4.78, 5) is 37.0. The van der Waals surface area contributed by atoms with Gasteiger partial charge in [0.2, 0.25) is 17.8 Å². The number of carboxylic acid groups (broad SMARTS) is 1. The summed E-state index contributed by atoms with van der Waals surface area (Å²) in [6, 6.07) is 15.4. The van der Waals surface area contributed by atoms with Crippen molar-refractivity contribution in [2.24, 2.45) is 5.92 Å². The molecule has 0 spiro atoms. The molecule has 0 fully saturated rings. The summed E-state index contributed by atoms with van der Waals surface area (Å²) < 4.78 is 16.4. The van der Waals surface area contributed by atoms with E-state index in [1.54, 1.807) is 25.3 Å². The van der Waals surface area contributed by atoms with Crippen LogP contribution in [0.2, 0.25) is 0 Å². The van der Waals surface area contributed by atoms with Gasteiger partial charge in [0.05, 0.1) is 33.5 Å². The number of anilines is 4. The molecule has 1 heterocycles. The number of carbonyl (C=O) groups excluding carboxylic acids is 1. The molecule has 0 aliphatic carbocycles. The lowest BCUT2D eigenvalue weighted by Gasteiger charge is -2.20. The Balaban J connectivity index is 1.47. The van der Waals surface area contributed by atoms with E-state index in [4.69, 9.17) is 14.2 Å². The lowest BCUT2D eigenvalue weighted by molar-refractivity contribution is -0.139. The number of ether oxygens (including phenoxy) is 3. The second kappa shape index (κ2) is 17.4. The van der Waals surface area contributed by atoms with Crippen LogP contribution < -0.4 is 26.0 Å². The van der Waals surface area contributed by atoms with Gasteiger partial charge in [0, 0.05) is 30.4 Å². The van der Waals surface area contributed by atoms with Crippen LogP contribution in [0.4, 0.5) is 23.5 Å². The smallest absolute Gasteiger partial charge is 0.326 e. The molecular weight excluding hydrogens is 542 g/mol. The molecule has 13 heteroatoms. The molecule has 0 unspecified atom stereocenters. The Labute approximate surface area is 245 Å². The van der Waals surface area contributed by atoms with Crippen LogP contribution in [0.25, 0.3) is 0 Å². The number of nitrogens with one attached hydrogen (secondary N) is 4. The maximum atomic E-state index is 12.0. The van der Waals surface area contributed by atoms with Gasteiger partial charge in [0.1, 0.15) is 11.8 Å². The number of carbonyl (C=O) groups is 2. The Hall–Kier alpha value is -4.49. The third kappa shape index (κ3) is 10.8. The fourth-order valence-electron chi connectivity index (χ4n) is 3.71. The van der Waals surface area contributed by atoms with Gasteiger partial charge < -0.3 is 40.6 Å². The summed E-state index contributed by atoms with van der Waals surface area (Å²) >= 11 is 0. The molecule has 0 bridgehead atoms. The van der Waals surface area contributed by atoms with Crippen LogP contribution in [0.5, 0.6) is 5.75 Å². The Morgan fingerprint density at radius 2 is 1.57 bits per heavy atom. The van der Waals surface area contributed by atoms with Crippen molar-refractivity contribution in [3.05, 3.63) is 60.2 Å². The number of hydrogen-bond donors (Lipinski definition) is 5. The average molecular weight is 582 g/mol. The Morgan fingerprint density at radius 3 is 2.26 bits per heavy atom. The molecule has 1 amide bonds. The van der Waals surface area contributed by atoms with E-state index >= 15 is 0 Å². The van der Waals surface area contributed by atoms with Gasteiger partial charge in [0.15, 0.2) is 0 Å². The molecule has 226 valence electrons. The van der Waals surface area contributed by atoms with Crippen LogP contribution in [-0.2, 0) is 14.3 Å². The monoisotopic (exact) mass is 581 g/mol. The van der Waals surface area contributed by atoms with Crippen molar-refractivity contribution in [3.8, 4) is 5.75 Å². The number of benzene rings is 2. The van der Waals surface area contributed by atoms with Crippen LogP contribution in [0.3, 0.4) is 0 Å². The molecule has 0 radical (unpaired) electrons. The van der Waals surface area contributed by atoms with Crippen molar-refractivity contribution in [1.82, 2.24) is 20.3 Å². The summed E-state index contributed by atoms with van der Waals surface area (Å²) in [5, 5.41) is 21.6. The number of carboxylic acids is 1. The van der Waals surface area contributed by atoms with Gasteiger partial charge in [-0.05, 0) is 30.2 Å². The number of aliphatic carboxylic acids is 1. The van der Waals surface area contributed by atoms with Crippen molar-refractivity contribution in [2.45, 2.75) is 26.3 Å². The molecule has 0 aliphatic heterocycles. The van der Waals surface area contributed by atoms with Gasteiger partial charge in [-0.15, -0.1) is 0 Å². The second-order valence-corrected chi connectivity index (χ2v) is 9.28. The first kappa shape index (κ1) is 32.0. The fraction of sp³-hybridized carbons (Fsp3) is 0.414. The van der Waals surface area contributed by atoms with E-state index in [1.165, 1.54) is 0 Å². The Kier molecular flexibility index (Phi) is 13.2. The van der Waals surface area contributed by atoms with Gasteiger partial charge >= 0.3 is 5.97 Å². The van der Waals surface area contributed by atoms with E-state index < -0.39 is 12.0 Å². The van der Waals surface area contributed by atoms with Crippen LogP contribution in [0.15, 0.2) is 54.6 Å². The highest BCUT2D eigenvalue weighted by Crippen LogP contribution is 2.21. The molecule has 3 aromatic rings. The van der Waals surface area contributed by atoms with Crippen molar-refractivity contribution in [3.63, 3.8) is 0 Å². The van der Waals surface area contributed by atoms with Gasteiger partial charge in [-0.25, -0.2) is 4.79 Å². The predicted molar refractivity (Wildman–Crippen MR) is 160 cm³/mol. The van der Waals surface area contributed by atoms with Crippen molar-refractivity contribution >= 4 is 35.4 Å². The predicted octanol–water partition coefficient (Wildman–Crippen LogP) is 3.41. The van der Waals surface area contributed by atoms with E-state index in [0.29, 0.717) is 62.9 Å². The largest absolute Gasteiger partial charge is 0.497 e. The van der Waals surface area contributed by atoms with Gasteiger partial charge in [-0.2, -0.15) is 15.0 Å². The Morgan fingerprint density at radius 1 is 0.881 bits per heavy atom. The van der Waals surface area contributed by atoms with Gasteiger partial charge in [0.25, 0.3) is 5.91 Å². The van der Waals surface area contributed by atoms with Gasteiger partial charge in [-0.1, -0.05) is 44.5 Å². The Bertz CT molecular complexity index is 1260. The normalized spacial score (nSPS) is 12.2. The third-order valence-electron chi connectivity index (χ3n) is 6.19. The van der Waals surface area contributed by atoms with Gasteiger partial charge in [-0.3, -0.25) is 4.79 Å². The average Bonchev–Trinajstić information content (AvgIpc) is 3.00. The minimum absolute atomic E-state index is 0.124. The highest BCUT2D eigenvalue weighted by atomic mass is 16.5. The second-order valence-electron chi connectivity index (χ2n) is 9.28. The molecule has 0 saturated heterocycles. The molecule has 2 atom stereocenters. The molecule has 2 aromatic carbocycles. The molecule has 42 heavy (non-hydrogen) atoms. The van der Waals surface area contributed by atoms with Crippen molar-refractivity contribution in [1.29, 1.82) is 0 Å². The van der Waals surface area contributed by atoms with E-state index in [-0.39, 0.29) is 29.7 Å². The standard InChI is InChI=1S/C29H39N7O6/c1-4-20(2)24(26(38)39)33-29-35-27(34-28(36-29)32-22-11-8-12-23(19-22)40-3)31-14-16-42-18-17-41-15-13-30-25(37)21-9-6-5-7-10-21/h5-12,19-20,24H,4,13-18H2,1-3H3,(H,30,37)(H,38,39)(H3,31,32,33,34,35,36)/t20-,24-/m0/s1. The minimum Gasteiger partial charge on any atom is -0.497 e. The van der Waals surface area contributed by atoms with Crippen LogP contribution in [0, 0.1) is 5.92 Å². The first-order chi connectivity index (χ1) is 20.4. The zero-order chi connectivity index (χ0) is 30.2. The van der Waals surface area contributed by atoms with E-state index in [1.807, 2.05) is 50.2 Å². The minimum atomic E-state index is -0.990. The van der Waals surface area contributed by atoms with Crippen LogP contribution >= 0.6 is 0 Å². The number of rotatable bonds is 19. The number of nitrogens with zero attached hydrogens (tertiary/aromatic N) is 3. The van der Waals surface area contributed by atoms with Crippen LogP contribution in [-0.4, -0.2) is 84.6 Å². The fourth-order valence-corrected chi connectivity index (χ4v) is 3.71. The van der Waals surface area contributed by atoms with E-state index in [0.717, 1.165) is 0 Å². The molecule has 5 N–H and O–H groups in total. The quantitative estimate of drug-likeness (QED) is 0.131. The first-order valence-electron chi connectivity index (χ1n) is 13.8. The SMILES string of the molecule is CC[C@H](C)[C@H](Nc1nc(NCCOCCOCCNC(=O)c2ccccc2)nc(Nc2cccc(OC)c2)n1)C(=O)O. The topological polar surface area (TPSA) is 169 Å². The number of hydrogen-bond acceptors (Lipinski definition) is 11. The third-order valence-corrected chi connectivity index (χ3v) is 6.19. The van der Waals surface area contributed by atoms with Crippen molar-refractivity contribution in [2.75, 3.05) is 62.6 Å². The zero-order valence-electron chi connectivity index (χ0n) is 24.1. The molecule has 13 nitrogen and oxygen atoms in total. The highest BCUT2D eigenvalue weighted by Gasteiger charge is 2.24. The lowest BCUT2D eigenvalue weighted by atomic mass is 10.00.